The number of ether oxygens (including phenoxy) is 3. The quantitative estimate of drug-likeness (QED) is 0.241. The van der Waals surface area contributed by atoms with Crippen LogP contribution in [0.25, 0.3) is 0 Å². The molecule has 2 bridgehead atoms. The van der Waals surface area contributed by atoms with E-state index in [1.165, 1.54) is 5.56 Å². The summed E-state index contributed by atoms with van der Waals surface area (Å²) in [6, 6.07) is 29.0. The van der Waals surface area contributed by atoms with Crippen LogP contribution in [0.2, 0.25) is 0 Å². The Morgan fingerprint density at radius 2 is 1.44 bits per heavy atom. The number of hydrogen-bond donors (Lipinski definition) is 0. The maximum absolute atomic E-state index is 13.6. The first kappa shape index (κ1) is 30.0. The molecular formula is C40H44O5. The highest BCUT2D eigenvalue weighted by Gasteiger charge is 2.70. The highest BCUT2D eigenvalue weighted by molar-refractivity contribution is 5.90. The van der Waals surface area contributed by atoms with E-state index in [4.69, 9.17) is 14.2 Å². The van der Waals surface area contributed by atoms with Gasteiger partial charge in [0.25, 0.3) is 0 Å². The number of carbonyl (C=O) groups excluding carboxylic acids is 2. The van der Waals surface area contributed by atoms with Gasteiger partial charge in [-0.2, -0.15) is 0 Å². The van der Waals surface area contributed by atoms with Gasteiger partial charge in [0.15, 0.2) is 0 Å². The lowest BCUT2D eigenvalue weighted by molar-refractivity contribution is -0.214. The van der Waals surface area contributed by atoms with Crippen molar-refractivity contribution in [2.75, 3.05) is 6.61 Å². The number of carbonyl (C=O) groups is 2. The molecular weight excluding hydrogens is 560 g/mol. The molecule has 5 heteroatoms. The Kier molecular flexibility index (Phi) is 7.93. The van der Waals surface area contributed by atoms with Gasteiger partial charge in [0, 0.05) is 11.8 Å². The Bertz CT molecular complexity index is 1550. The number of esters is 2. The molecule has 3 aromatic carbocycles. The number of benzene rings is 3. The first-order valence-electron chi connectivity index (χ1n) is 16.7. The summed E-state index contributed by atoms with van der Waals surface area (Å²) in [7, 11) is 0. The van der Waals surface area contributed by atoms with Crippen LogP contribution in [0.3, 0.4) is 0 Å². The Balaban J connectivity index is 1.19. The second-order valence-electron chi connectivity index (χ2n) is 14.5. The van der Waals surface area contributed by atoms with Gasteiger partial charge in [0.05, 0.1) is 24.3 Å². The van der Waals surface area contributed by atoms with E-state index in [0.717, 1.165) is 50.7 Å². The molecule has 0 aliphatic heterocycles. The summed E-state index contributed by atoms with van der Waals surface area (Å²) in [5.74, 6) is 1.03. The molecule has 3 fully saturated rings. The molecule has 0 unspecified atom stereocenters. The minimum Gasteiger partial charge on any atom is -0.458 e. The van der Waals surface area contributed by atoms with Crippen molar-refractivity contribution < 1.29 is 23.8 Å². The van der Waals surface area contributed by atoms with E-state index < -0.39 is 0 Å². The third kappa shape index (κ3) is 5.33. The molecule has 0 amide bonds. The molecule has 7 rings (SSSR count). The Hall–Kier alpha value is -3.70. The largest absolute Gasteiger partial charge is 0.458 e. The maximum Gasteiger partial charge on any atom is 0.343 e. The SMILES string of the molecule is C[C@]1(COCc2ccccc2)CCC[C@]2(C)[C@@H]1[C@@H](OC(=O)c1ccccc1)C[C@@H]1C[C@H]3C[C@]12CC=C3OC(=O)c1ccccc1. The van der Waals surface area contributed by atoms with Gasteiger partial charge in [-0.1, -0.05) is 87.0 Å². The van der Waals surface area contributed by atoms with Crippen molar-refractivity contribution in [3.8, 4) is 0 Å². The fraction of sp³-hybridized carbons (Fsp3) is 0.450. The predicted molar refractivity (Wildman–Crippen MR) is 173 cm³/mol. The average molecular weight is 605 g/mol. The van der Waals surface area contributed by atoms with Crippen LogP contribution in [-0.2, 0) is 20.8 Å². The number of allylic oxidation sites excluding steroid dienone is 2. The Morgan fingerprint density at radius 3 is 2.13 bits per heavy atom. The Morgan fingerprint density at radius 1 is 0.800 bits per heavy atom. The summed E-state index contributed by atoms with van der Waals surface area (Å²) >= 11 is 0. The third-order valence-corrected chi connectivity index (χ3v) is 12.0. The molecule has 0 aromatic heterocycles. The number of fused-ring (bicyclic) bond motifs is 2. The molecule has 7 atom stereocenters. The van der Waals surface area contributed by atoms with E-state index in [1.54, 1.807) is 0 Å². The first-order valence-corrected chi connectivity index (χ1v) is 16.7. The van der Waals surface area contributed by atoms with Crippen molar-refractivity contribution >= 4 is 11.9 Å². The number of hydrogen-bond acceptors (Lipinski definition) is 5. The van der Waals surface area contributed by atoms with Crippen LogP contribution < -0.4 is 0 Å². The van der Waals surface area contributed by atoms with E-state index in [1.807, 2.05) is 66.7 Å². The zero-order valence-corrected chi connectivity index (χ0v) is 26.5. The Labute approximate surface area is 267 Å². The molecule has 5 nitrogen and oxygen atoms in total. The molecule has 0 radical (unpaired) electrons. The fourth-order valence-electron chi connectivity index (χ4n) is 10.1. The maximum atomic E-state index is 13.6. The molecule has 0 heterocycles. The second-order valence-corrected chi connectivity index (χ2v) is 14.5. The second kappa shape index (κ2) is 11.9. The van der Waals surface area contributed by atoms with Gasteiger partial charge in [-0.3, -0.25) is 0 Å². The molecule has 234 valence electrons. The van der Waals surface area contributed by atoms with E-state index in [9.17, 15) is 9.59 Å². The van der Waals surface area contributed by atoms with Gasteiger partial charge in [-0.05, 0) is 96.6 Å². The van der Waals surface area contributed by atoms with Crippen LogP contribution in [0.15, 0.2) is 103 Å². The van der Waals surface area contributed by atoms with Crippen molar-refractivity contribution in [3.63, 3.8) is 0 Å². The van der Waals surface area contributed by atoms with Gasteiger partial charge in [0.2, 0.25) is 0 Å². The first-order chi connectivity index (χ1) is 21.8. The highest BCUT2D eigenvalue weighted by atomic mass is 16.5. The highest BCUT2D eigenvalue weighted by Crippen LogP contribution is 2.74. The topological polar surface area (TPSA) is 61.8 Å². The van der Waals surface area contributed by atoms with Crippen molar-refractivity contribution in [1.82, 2.24) is 0 Å². The normalized spacial score (nSPS) is 33.3. The summed E-state index contributed by atoms with van der Waals surface area (Å²) in [5, 5.41) is 0. The minimum atomic E-state index is -0.285. The molecule has 1 spiro atoms. The van der Waals surface area contributed by atoms with Gasteiger partial charge >= 0.3 is 11.9 Å². The molecule has 4 aliphatic carbocycles. The van der Waals surface area contributed by atoms with Gasteiger partial charge in [-0.15, -0.1) is 0 Å². The van der Waals surface area contributed by atoms with Crippen molar-refractivity contribution in [1.29, 1.82) is 0 Å². The van der Waals surface area contributed by atoms with Crippen LogP contribution in [-0.4, -0.2) is 24.6 Å². The fourth-order valence-corrected chi connectivity index (χ4v) is 10.1. The van der Waals surface area contributed by atoms with E-state index in [-0.39, 0.29) is 46.1 Å². The molecule has 3 saturated carbocycles. The number of rotatable bonds is 8. The van der Waals surface area contributed by atoms with E-state index in [2.05, 4.69) is 44.2 Å². The van der Waals surface area contributed by atoms with E-state index >= 15 is 0 Å². The molecule has 3 aromatic rings. The molecule has 0 saturated heterocycles. The summed E-state index contributed by atoms with van der Waals surface area (Å²) in [5.41, 5.74) is 2.21. The van der Waals surface area contributed by atoms with Crippen molar-refractivity contribution in [3.05, 3.63) is 120 Å². The van der Waals surface area contributed by atoms with Crippen LogP contribution in [0, 0.1) is 34.0 Å². The smallest absolute Gasteiger partial charge is 0.343 e. The van der Waals surface area contributed by atoms with Crippen LogP contribution in [0.5, 0.6) is 0 Å². The van der Waals surface area contributed by atoms with Gasteiger partial charge < -0.3 is 14.2 Å². The van der Waals surface area contributed by atoms with Gasteiger partial charge in [0.1, 0.15) is 11.9 Å². The summed E-state index contributed by atoms with van der Waals surface area (Å²) < 4.78 is 19.2. The van der Waals surface area contributed by atoms with Crippen LogP contribution in [0.4, 0.5) is 0 Å². The lowest BCUT2D eigenvalue weighted by atomic mass is 9.39. The minimum absolute atomic E-state index is 0.0547. The zero-order valence-electron chi connectivity index (χ0n) is 26.5. The summed E-state index contributed by atoms with van der Waals surface area (Å²) in [6.07, 6.45) is 8.97. The summed E-state index contributed by atoms with van der Waals surface area (Å²) in [4.78, 5) is 26.7. The zero-order chi connectivity index (χ0) is 31.1. The van der Waals surface area contributed by atoms with Crippen LogP contribution >= 0.6 is 0 Å². The molecule has 45 heavy (non-hydrogen) atoms. The van der Waals surface area contributed by atoms with Gasteiger partial charge in [-0.25, -0.2) is 9.59 Å². The summed E-state index contributed by atoms with van der Waals surface area (Å²) in [6.45, 7) is 6.06. The third-order valence-electron chi connectivity index (χ3n) is 12.0. The van der Waals surface area contributed by atoms with Crippen molar-refractivity contribution in [2.45, 2.75) is 71.5 Å². The lowest BCUT2D eigenvalue weighted by Gasteiger charge is -2.66. The monoisotopic (exact) mass is 604 g/mol. The van der Waals surface area contributed by atoms with E-state index in [0.29, 0.717) is 30.3 Å². The standard InChI is InChI=1S/C40H44O5/c1-38(27-43-26-28-13-6-3-7-14-28)20-12-21-39(2)35(38)34(45-37(42)30-17-10-5-11-18-30)24-32-23-31-25-40(32,39)22-19-33(31)44-36(41)29-15-8-4-9-16-29/h3-11,13-19,31-32,34-35H,12,20-27H2,1-2H3/t31-,32-,34-,35+,38+,39+,40+/m0/s1. The molecule has 0 N–H and O–H groups in total. The molecule has 4 aliphatic rings. The van der Waals surface area contributed by atoms with Crippen molar-refractivity contribution in [2.24, 2.45) is 34.0 Å². The average Bonchev–Trinajstić information content (AvgIpc) is 3.37. The lowest BCUT2D eigenvalue weighted by Crippen LogP contribution is -2.63. The predicted octanol–water partition coefficient (Wildman–Crippen LogP) is 8.80. The van der Waals surface area contributed by atoms with Crippen LogP contribution in [0.1, 0.15) is 85.1 Å².